The van der Waals surface area contributed by atoms with Gasteiger partial charge < -0.3 is 10.3 Å². The van der Waals surface area contributed by atoms with Crippen molar-refractivity contribution in [3.05, 3.63) is 50.8 Å². The number of halogens is 1. The maximum atomic E-state index is 12.5. The predicted molar refractivity (Wildman–Crippen MR) is 89.6 cm³/mol. The quantitative estimate of drug-likeness (QED) is 0.844. The number of aromatic nitrogens is 1. The van der Waals surface area contributed by atoms with E-state index in [1.807, 2.05) is 32.0 Å². The van der Waals surface area contributed by atoms with Crippen LogP contribution in [0.15, 0.2) is 22.7 Å². The average Bonchev–Trinajstić information content (AvgIpc) is 2.80. The van der Waals surface area contributed by atoms with Crippen molar-refractivity contribution >= 4 is 33.3 Å². The van der Waals surface area contributed by atoms with Gasteiger partial charge in [-0.05, 0) is 56.0 Å². The first-order valence-corrected chi connectivity index (χ1v) is 8.09. The Morgan fingerprint density at radius 1 is 1.27 bits per heavy atom. The number of hydrogen-bond acceptors (Lipinski definition) is 2. The molecule has 5 heteroatoms. The highest BCUT2D eigenvalue weighted by Gasteiger charge is 2.26. The second-order valence-corrected chi connectivity index (χ2v) is 6.58. The number of fused-ring (bicyclic) bond motifs is 1. The molecule has 1 aliphatic rings. The number of anilines is 1. The number of Topliss-reactive ketones (excluding diaryl/α,β-unsaturated/α-hetero) is 1. The van der Waals surface area contributed by atoms with Crippen LogP contribution < -0.4 is 5.32 Å². The molecule has 4 nitrogen and oxygen atoms in total. The van der Waals surface area contributed by atoms with E-state index in [1.54, 1.807) is 0 Å². The van der Waals surface area contributed by atoms with Gasteiger partial charge in [-0.2, -0.15) is 0 Å². The minimum absolute atomic E-state index is 0.133. The van der Waals surface area contributed by atoms with E-state index in [1.165, 1.54) is 0 Å². The summed E-state index contributed by atoms with van der Waals surface area (Å²) in [4.78, 5) is 27.7. The van der Waals surface area contributed by atoms with E-state index in [-0.39, 0.29) is 11.7 Å². The molecule has 0 aliphatic heterocycles. The zero-order chi connectivity index (χ0) is 15.9. The largest absolute Gasteiger partial charge is 0.354 e. The molecular formula is C17H17BrN2O2. The Bertz CT molecular complexity index is 777. The molecule has 1 aromatic carbocycles. The second kappa shape index (κ2) is 5.72. The van der Waals surface area contributed by atoms with Gasteiger partial charge in [0.25, 0.3) is 5.91 Å². The number of hydrogen-bond donors (Lipinski definition) is 2. The Balaban J connectivity index is 1.91. The number of aryl methyl sites for hydroxylation is 2. The third-order valence-corrected chi connectivity index (χ3v) is 4.59. The number of nitrogens with one attached hydrogen (secondary N) is 2. The van der Waals surface area contributed by atoms with Crippen molar-refractivity contribution in [2.75, 3.05) is 5.32 Å². The van der Waals surface area contributed by atoms with Crippen LogP contribution in [-0.4, -0.2) is 16.7 Å². The van der Waals surface area contributed by atoms with Crippen molar-refractivity contribution in [1.29, 1.82) is 0 Å². The van der Waals surface area contributed by atoms with Crippen molar-refractivity contribution < 1.29 is 9.59 Å². The molecule has 0 radical (unpaired) electrons. The molecule has 1 aliphatic carbocycles. The molecule has 1 amide bonds. The molecule has 0 spiro atoms. The van der Waals surface area contributed by atoms with Gasteiger partial charge in [0.05, 0.1) is 0 Å². The minimum Gasteiger partial charge on any atom is -0.354 e. The molecule has 0 unspecified atom stereocenters. The standard InChI is InChI=1S/C17H17BrN2O2/c1-9-8-11(18)6-7-12(9)20-17(22)16-10(2)15-13(19-16)4-3-5-14(15)21/h6-8,19H,3-5H2,1-2H3,(H,20,22). The Labute approximate surface area is 137 Å². The Morgan fingerprint density at radius 3 is 2.73 bits per heavy atom. The van der Waals surface area contributed by atoms with Crippen molar-refractivity contribution in [3.8, 4) is 0 Å². The topological polar surface area (TPSA) is 62.0 Å². The second-order valence-electron chi connectivity index (χ2n) is 5.67. The van der Waals surface area contributed by atoms with Gasteiger partial charge in [-0.25, -0.2) is 0 Å². The number of rotatable bonds is 2. The zero-order valence-corrected chi connectivity index (χ0v) is 14.1. The maximum absolute atomic E-state index is 12.5. The zero-order valence-electron chi connectivity index (χ0n) is 12.5. The van der Waals surface area contributed by atoms with Crippen molar-refractivity contribution in [2.24, 2.45) is 0 Å². The van der Waals surface area contributed by atoms with Gasteiger partial charge in [-0.3, -0.25) is 9.59 Å². The lowest BCUT2D eigenvalue weighted by Crippen LogP contribution is -2.14. The predicted octanol–water partition coefficient (Wildman–Crippen LogP) is 4.17. The van der Waals surface area contributed by atoms with Gasteiger partial charge in [-0.1, -0.05) is 15.9 Å². The first kappa shape index (κ1) is 15.0. The molecule has 0 bridgehead atoms. The van der Waals surface area contributed by atoms with Gasteiger partial charge in [-0.15, -0.1) is 0 Å². The van der Waals surface area contributed by atoms with E-state index in [0.29, 0.717) is 17.7 Å². The van der Waals surface area contributed by atoms with Crippen LogP contribution in [0.1, 0.15) is 50.5 Å². The molecule has 114 valence electrons. The number of H-pyrrole nitrogens is 1. The first-order chi connectivity index (χ1) is 10.5. The molecule has 3 rings (SSSR count). The summed E-state index contributed by atoms with van der Waals surface area (Å²) >= 11 is 3.41. The SMILES string of the molecule is Cc1cc(Br)ccc1NC(=O)c1[nH]c2c(c1C)C(=O)CCC2. The first-order valence-electron chi connectivity index (χ1n) is 7.29. The summed E-state index contributed by atoms with van der Waals surface area (Å²) in [5.74, 6) is -0.0704. The monoisotopic (exact) mass is 360 g/mol. The highest BCUT2D eigenvalue weighted by molar-refractivity contribution is 9.10. The van der Waals surface area contributed by atoms with Gasteiger partial charge in [0.1, 0.15) is 5.69 Å². The van der Waals surface area contributed by atoms with E-state index in [4.69, 9.17) is 0 Å². The van der Waals surface area contributed by atoms with Crippen LogP contribution in [0.25, 0.3) is 0 Å². The van der Waals surface area contributed by atoms with Gasteiger partial charge in [0.2, 0.25) is 0 Å². The van der Waals surface area contributed by atoms with E-state index in [2.05, 4.69) is 26.2 Å². The fraction of sp³-hybridized carbons (Fsp3) is 0.294. The van der Waals surface area contributed by atoms with E-state index in [9.17, 15) is 9.59 Å². The highest BCUT2D eigenvalue weighted by atomic mass is 79.9. The molecule has 1 heterocycles. The van der Waals surface area contributed by atoms with Crippen molar-refractivity contribution in [1.82, 2.24) is 4.98 Å². The normalized spacial score (nSPS) is 13.9. The summed E-state index contributed by atoms with van der Waals surface area (Å²) in [5, 5.41) is 2.92. The molecule has 0 atom stereocenters. The van der Waals surface area contributed by atoms with E-state index < -0.39 is 0 Å². The molecule has 2 aromatic rings. The third-order valence-electron chi connectivity index (χ3n) is 4.10. The smallest absolute Gasteiger partial charge is 0.272 e. The lowest BCUT2D eigenvalue weighted by molar-refractivity contribution is 0.0971. The number of amides is 1. The van der Waals surface area contributed by atoms with Crippen molar-refractivity contribution in [2.45, 2.75) is 33.1 Å². The van der Waals surface area contributed by atoms with Gasteiger partial charge in [0.15, 0.2) is 5.78 Å². The summed E-state index contributed by atoms with van der Waals surface area (Å²) in [6.45, 7) is 3.78. The number of benzene rings is 1. The van der Waals surface area contributed by atoms with Crippen LogP contribution >= 0.6 is 15.9 Å². The number of carbonyl (C=O) groups excluding carboxylic acids is 2. The van der Waals surface area contributed by atoms with E-state index in [0.717, 1.165) is 39.8 Å². The Morgan fingerprint density at radius 2 is 2.05 bits per heavy atom. The van der Waals surface area contributed by atoms with Crippen LogP contribution in [0.4, 0.5) is 5.69 Å². The molecule has 1 aromatic heterocycles. The van der Waals surface area contributed by atoms with Crippen LogP contribution in [0, 0.1) is 13.8 Å². The Kier molecular flexibility index (Phi) is 3.91. The lowest BCUT2D eigenvalue weighted by atomic mass is 9.94. The fourth-order valence-corrected chi connectivity index (χ4v) is 3.43. The molecule has 0 saturated heterocycles. The Hall–Kier alpha value is -1.88. The molecular weight excluding hydrogens is 344 g/mol. The molecule has 0 saturated carbocycles. The van der Waals surface area contributed by atoms with Crippen LogP contribution in [0.2, 0.25) is 0 Å². The average molecular weight is 361 g/mol. The highest BCUT2D eigenvalue weighted by Crippen LogP contribution is 2.27. The van der Waals surface area contributed by atoms with Crippen LogP contribution in [-0.2, 0) is 6.42 Å². The number of aromatic amines is 1. The van der Waals surface area contributed by atoms with Gasteiger partial charge >= 0.3 is 0 Å². The van der Waals surface area contributed by atoms with Crippen LogP contribution in [0.3, 0.4) is 0 Å². The lowest BCUT2D eigenvalue weighted by Gasteiger charge is -2.09. The summed E-state index contributed by atoms with van der Waals surface area (Å²) in [6.07, 6.45) is 2.24. The molecule has 22 heavy (non-hydrogen) atoms. The third kappa shape index (κ3) is 2.61. The molecule has 0 fully saturated rings. The summed E-state index contributed by atoms with van der Waals surface area (Å²) in [5.41, 5.74) is 4.60. The van der Waals surface area contributed by atoms with Gasteiger partial charge in [0, 0.05) is 27.8 Å². The molecule has 2 N–H and O–H groups in total. The van der Waals surface area contributed by atoms with Crippen LogP contribution in [0.5, 0.6) is 0 Å². The summed E-state index contributed by atoms with van der Waals surface area (Å²) in [6, 6.07) is 5.70. The number of carbonyl (C=O) groups is 2. The summed E-state index contributed by atoms with van der Waals surface area (Å²) < 4.78 is 0.972. The van der Waals surface area contributed by atoms with E-state index >= 15 is 0 Å². The van der Waals surface area contributed by atoms with Crippen molar-refractivity contribution in [3.63, 3.8) is 0 Å². The maximum Gasteiger partial charge on any atom is 0.272 e. The summed E-state index contributed by atoms with van der Waals surface area (Å²) in [7, 11) is 0. The minimum atomic E-state index is -0.204. The fourth-order valence-electron chi connectivity index (χ4n) is 2.95. The number of ketones is 1.